The molecule has 188 valence electrons. The van der Waals surface area contributed by atoms with Gasteiger partial charge in [0.15, 0.2) is 5.78 Å². The highest BCUT2D eigenvalue weighted by Gasteiger charge is 2.44. The van der Waals surface area contributed by atoms with Crippen LogP contribution in [0.3, 0.4) is 0 Å². The number of rotatable bonds is 5. The molecule has 1 N–H and O–H groups in total. The van der Waals surface area contributed by atoms with Crippen LogP contribution >= 0.6 is 11.8 Å². The Hall–Kier alpha value is -3.58. The maximum atomic E-state index is 14.4. The van der Waals surface area contributed by atoms with Crippen LogP contribution in [0.1, 0.15) is 42.7 Å². The molecule has 3 aromatic rings. The number of thioether (sulfide) groups is 1. The zero-order chi connectivity index (χ0) is 26.1. The summed E-state index contributed by atoms with van der Waals surface area (Å²) in [6.07, 6.45) is 2.91. The van der Waals surface area contributed by atoms with Crippen LogP contribution in [0.5, 0.6) is 0 Å². The maximum absolute atomic E-state index is 14.4. The first kappa shape index (κ1) is 25.1. The van der Waals surface area contributed by atoms with Gasteiger partial charge < -0.3 is 5.32 Å². The van der Waals surface area contributed by atoms with E-state index in [2.05, 4.69) is 5.32 Å². The van der Waals surface area contributed by atoms with Crippen LogP contribution in [-0.4, -0.2) is 23.7 Å². The van der Waals surface area contributed by atoms with Gasteiger partial charge in [-0.1, -0.05) is 42.5 Å². The first-order chi connectivity index (χ1) is 17.9. The maximum Gasteiger partial charge on any atom is 0.234 e. The highest BCUT2D eigenvalue weighted by atomic mass is 32.2. The van der Waals surface area contributed by atoms with E-state index in [1.54, 1.807) is 18.7 Å². The molecular formula is C30H26F2N2O2S. The number of ketones is 1. The number of amides is 1. The van der Waals surface area contributed by atoms with E-state index in [9.17, 15) is 18.4 Å². The van der Waals surface area contributed by atoms with Crippen molar-refractivity contribution in [3.05, 3.63) is 107 Å². The van der Waals surface area contributed by atoms with Crippen molar-refractivity contribution in [2.75, 3.05) is 11.6 Å². The monoisotopic (exact) mass is 516 g/mol. The van der Waals surface area contributed by atoms with E-state index in [0.29, 0.717) is 29.8 Å². The minimum atomic E-state index is -0.862. The first-order valence-corrected chi connectivity index (χ1v) is 13.3. The molecule has 37 heavy (non-hydrogen) atoms. The van der Waals surface area contributed by atoms with E-state index in [1.165, 1.54) is 6.07 Å². The molecule has 0 spiro atoms. The Morgan fingerprint density at radius 1 is 0.973 bits per heavy atom. The summed E-state index contributed by atoms with van der Waals surface area (Å²) < 4.78 is 27.8. The largest absolute Gasteiger partial charge is 0.323 e. The number of halogens is 2. The predicted molar refractivity (Wildman–Crippen MR) is 143 cm³/mol. The summed E-state index contributed by atoms with van der Waals surface area (Å²) in [7, 11) is 0. The van der Waals surface area contributed by atoms with Crippen molar-refractivity contribution in [2.24, 2.45) is 10.9 Å². The molecule has 5 rings (SSSR count). The summed E-state index contributed by atoms with van der Waals surface area (Å²) in [4.78, 5) is 33.1. The Balaban J connectivity index is 1.56. The molecule has 1 aliphatic carbocycles. The standard InChI is InChI=1S/C30H26F2N2O2S/c1-17-27(30(36)34-24-13-10-21(31)16-23(24)32)28(19-8-11-22(37-2)12-9-19)29-25(33-17)14-20(15-26(29)35)18-6-4-3-5-7-18/h3-13,16,20,27-28H,14-15H2,1-2H3,(H,34,36)/t20-,27?,28+/m0/s1. The third-order valence-corrected chi connectivity index (χ3v) is 7.85. The first-order valence-electron chi connectivity index (χ1n) is 12.1. The summed E-state index contributed by atoms with van der Waals surface area (Å²) >= 11 is 1.60. The highest BCUT2D eigenvalue weighted by molar-refractivity contribution is 7.98. The highest BCUT2D eigenvalue weighted by Crippen LogP contribution is 2.47. The Morgan fingerprint density at radius 2 is 1.70 bits per heavy atom. The predicted octanol–water partition coefficient (Wildman–Crippen LogP) is 6.90. The molecule has 0 saturated heterocycles. The van der Waals surface area contributed by atoms with E-state index >= 15 is 0 Å². The van der Waals surface area contributed by atoms with Crippen LogP contribution in [0.15, 0.2) is 94.0 Å². The van der Waals surface area contributed by atoms with Gasteiger partial charge in [-0.15, -0.1) is 11.8 Å². The van der Waals surface area contributed by atoms with Gasteiger partial charge in [-0.25, -0.2) is 8.78 Å². The fourth-order valence-electron chi connectivity index (χ4n) is 5.33. The van der Waals surface area contributed by atoms with Crippen LogP contribution in [0.4, 0.5) is 14.5 Å². The van der Waals surface area contributed by atoms with E-state index in [0.717, 1.165) is 28.2 Å². The van der Waals surface area contributed by atoms with Gasteiger partial charge in [-0.3, -0.25) is 14.6 Å². The average Bonchev–Trinajstić information content (AvgIpc) is 2.90. The minimum Gasteiger partial charge on any atom is -0.323 e. The number of carbonyl (C=O) groups is 2. The van der Waals surface area contributed by atoms with E-state index in [-0.39, 0.29) is 17.4 Å². The summed E-state index contributed by atoms with van der Waals surface area (Å²) in [5.74, 6) is -3.47. The summed E-state index contributed by atoms with van der Waals surface area (Å²) in [6, 6.07) is 20.7. The zero-order valence-electron chi connectivity index (χ0n) is 20.5. The van der Waals surface area contributed by atoms with E-state index < -0.39 is 29.4 Å². The Kier molecular flexibility index (Phi) is 7.07. The topological polar surface area (TPSA) is 58.5 Å². The number of anilines is 1. The molecule has 0 radical (unpaired) electrons. The van der Waals surface area contributed by atoms with Crippen LogP contribution in [-0.2, 0) is 9.59 Å². The fourth-order valence-corrected chi connectivity index (χ4v) is 5.74. The van der Waals surface area contributed by atoms with Gasteiger partial charge >= 0.3 is 0 Å². The van der Waals surface area contributed by atoms with Gasteiger partial charge in [0.2, 0.25) is 5.91 Å². The normalized spacial score (nSPS) is 21.4. The molecular weight excluding hydrogens is 490 g/mol. The number of nitrogens with one attached hydrogen (secondary N) is 1. The number of carbonyl (C=O) groups excluding carboxylic acids is 2. The van der Waals surface area contributed by atoms with Crippen LogP contribution in [0.2, 0.25) is 0 Å². The van der Waals surface area contributed by atoms with Crippen LogP contribution < -0.4 is 5.32 Å². The third-order valence-electron chi connectivity index (χ3n) is 7.11. The summed E-state index contributed by atoms with van der Waals surface area (Å²) in [6.45, 7) is 1.77. The molecule has 1 aliphatic heterocycles. The van der Waals surface area contributed by atoms with Gasteiger partial charge in [-0.05, 0) is 60.9 Å². The van der Waals surface area contributed by atoms with Gasteiger partial charge in [0.25, 0.3) is 0 Å². The molecule has 1 unspecified atom stereocenters. The van der Waals surface area contributed by atoms with Crippen molar-refractivity contribution in [3.8, 4) is 0 Å². The average molecular weight is 517 g/mol. The molecule has 4 nitrogen and oxygen atoms in total. The van der Waals surface area contributed by atoms with Crippen molar-refractivity contribution in [1.82, 2.24) is 0 Å². The number of hydrogen-bond acceptors (Lipinski definition) is 4. The molecule has 0 saturated carbocycles. The van der Waals surface area contributed by atoms with Crippen LogP contribution in [0, 0.1) is 17.6 Å². The lowest BCUT2D eigenvalue weighted by molar-refractivity contribution is -0.119. The van der Waals surface area contributed by atoms with E-state index in [4.69, 9.17) is 4.99 Å². The van der Waals surface area contributed by atoms with Crippen molar-refractivity contribution in [1.29, 1.82) is 0 Å². The van der Waals surface area contributed by atoms with Crippen LogP contribution in [0.25, 0.3) is 0 Å². The van der Waals surface area contributed by atoms with Gasteiger partial charge in [0.05, 0.1) is 11.6 Å². The van der Waals surface area contributed by atoms with Crippen molar-refractivity contribution in [3.63, 3.8) is 0 Å². The number of allylic oxidation sites excluding steroid dienone is 2. The second-order valence-corrected chi connectivity index (χ2v) is 10.3. The molecule has 3 atom stereocenters. The van der Waals surface area contributed by atoms with Crippen molar-refractivity contribution in [2.45, 2.75) is 36.5 Å². The second kappa shape index (κ2) is 10.4. The smallest absolute Gasteiger partial charge is 0.234 e. The Labute approximate surface area is 218 Å². The SMILES string of the molecule is CSc1ccc([C@H]2C3=C(C[C@H](c4ccccc4)CC3=O)N=C(C)C2C(=O)Nc2ccc(F)cc2F)cc1. The lowest BCUT2D eigenvalue weighted by atomic mass is 9.69. The molecule has 0 aromatic heterocycles. The molecule has 0 fully saturated rings. The molecule has 2 aliphatic rings. The summed E-state index contributed by atoms with van der Waals surface area (Å²) in [5, 5.41) is 2.61. The number of aliphatic imine (C=N–C) groups is 1. The lowest BCUT2D eigenvalue weighted by Gasteiger charge is -2.37. The minimum absolute atomic E-state index is 0.0159. The quantitative estimate of drug-likeness (QED) is 0.375. The number of Topliss-reactive ketones (excluding diaryl/α,β-unsaturated/α-hetero) is 1. The molecule has 0 bridgehead atoms. The fraction of sp³-hybridized carbons (Fsp3) is 0.233. The van der Waals surface area contributed by atoms with Gasteiger partial charge in [-0.2, -0.15) is 0 Å². The molecule has 1 amide bonds. The number of benzene rings is 3. The van der Waals surface area contributed by atoms with Gasteiger partial charge in [0.1, 0.15) is 11.6 Å². The van der Waals surface area contributed by atoms with Crippen molar-refractivity contribution < 1.29 is 18.4 Å². The summed E-state index contributed by atoms with van der Waals surface area (Å²) in [5.41, 5.74) is 3.61. The zero-order valence-corrected chi connectivity index (χ0v) is 21.3. The molecule has 3 aromatic carbocycles. The Morgan fingerprint density at radius 3 is 2.38 bits per heavy atom. The van der Waals surface area contributed by atoms with E-state index in [1.807, 2.05) is 60.9 Å². The third kappa shape index (κ3) is 5.01. The van der Waals surface area contributed by atoms with Gasteiger partial charge in [0, 0.05) is 40.3 Å². The molecule has 7 heteroatoms. The number of hydrogen-bond donors (Lipinski definition) is 1. The number of nitrogens with zero attached hydrogens (tertiary/aromatic N) is 1. The molecule has 1 heterocycles. The van der Waals surface area contributed by atoms with Crippen molar-refractivity contribution >= 4 is 34.9 Å². The Bertz CT molecular complexity index is 1420. The second-order valence-electron chi connectivity index (χ2n) is 9.39. The lowest BCUT2D eigenvalue weighted by Crippen LogP contribution is -2.39.